The maximum Gasteiger partial charge on any atom is 0.0456 e. The molecule has 20 heavy (non-hydrogen) atoms. The van der Waals surface area contributed by atoms with Crippen molar-refractivity contribution >= 4 is 23.3 Å². The quantitative estimate of drug-likeness (QED) is 0.888. The highest BCUT2D eigenvalue weighted by atomic mass is 35.5. The van der Waals surface area contributed by atoms with E-state index < -0.39 is 0 Å². The molecule has 0 saturated carbocycles. The lowest BCUT2D eigenvalue weighted by Gasteiger charge is -2.39. The number of fused-ring (bicyclic) bond motifs is 1. The Hall–Kier alpha value is -0.990. The average molecular weight is 293 g/mol. The first-order valence-electron chi connectivity index (χ1n) is 7.56. The van der Waals surface area contributed by atoms with Crippen LogP contribution in [0.5, 0.6) is 0 Å². The molecule has 2 heterocycles. The Morgan fingerprint density at radius 1 is 1.15 bits per heavy atom. The third-order valence-corrected chi connectivity index (χ3v) is 4.69. The number of aromatic amines is 1. The van der Waals surface area contributed by atoms with E-state index in [9.17, 15) is 0 Å². The molecule has 2 nitrogen and oxygen atoms in total. The molecule has 3 heteroatoms. The van der Waals surface area contributed by atoms with Gasteiger partial charge in [-0.05, 0) is 44.7 Å². The zero-order valence-corrected chi connectivity index (χ0v) is 13.2. The Morgan fingerprint density at radius 3 is 2.60 bits per heavy atom. The van der Waals surface area contributed by atoms with Gasteiger partial charge in [-0.2, -0.15) is 0 Å². The Kier molecular flexibility index (Phi) is 5.11. The van der Waals surface area contributed by atoms with Crippen LogP contribution in [0.15, 0.2) is 30.5 Å². The molecule has 3 rings (SSSR count). The Labute approximate surface area is 128 Å². The monoisotopic (exact) mass is 292 g/mol. The largest absolute Gasteiger partial charge is 0.361 e. The summed E-state index contributed by atoms with van der Waals surface area (Å²) in [5.74, 6) is 0. The van der Waals surface area contributed by atoms with Crippen molar-refractivity contribution in [2.24, 2.45) is 0 Å². The van der Waals surface area contributed by atoms with Crippen molar-refractivity contribution in [3.8, 4) is 0 Å². The van der Waals surface area contributed by atoms with E-state index in [2.05, 4.69) is 54.2 Å². The summed E-state index contributed by atoms with van der Waals surface area (Å²) in [4.78, 5) is 6.07. The summed E-state index contributed by atoms with van der Waals surface area (Å²) in [7, 11) is 0. The minimum absolute atomic E-state index is 0. The van der Waals surface area contributed by atoms with E-state index in [1.54, 1.807) is 0 Å². The number of piperidine rings is 1. The first-order chi connectivity index (χ1) is 9.25. The second-order valence-corrected chi connectivity index (χ2v) is 5.98. The van der Waals surface area contributed by atoms with E-state index in [4.69, 9.17) is 0 Å². The van der Waals surface area contributed by atoms with Crippen LogP contribution in [0, 0.1) is 0 Å². The minimum Gasteiger partial charge on any atom is -0.361 e. The summed E-state index contributed by atoms with van der Waals surface area (Å²) < 4.78 is 0. The van der Waals surface area contributed by atoms with Gasteiger partial charge in [-0.3, -0.25) is 4.90 Å². The third kappa shape index (κ3) is 3.02. The Balaban J connectivity index is 0.00000147. The van der Waals surface area contributed by atoms with Crippen LogP contribution in [0.2, 0.25) is 0 Å². The zero-order valence-electron chi connectivity index (χ0n) is 12.4. The lowest BCUT2D eigenvalue weighted by atomic mass is 9.97. The standard InChI is InChI=1S/C17H24N2.ClH/c1-13-6-5-7-14(2)19(13)11-10-15-12-18-17-9-4-3-8-16(15)17;/h3-4,8-9,12-14,18H,5-7,10-11H2,1-2H3;1H/t13-,14+;. The molecular weight excluding hydrogens is 268 g/mol. The van der Waals surface area contributed by atoms with Crippen LogP contribution in [0.4, 0.5) is 0 Å². The average Bonchev–Trinajstić information content (AvgIpc) is 2.82. The highest BCUT2D eigenvalue weighted by Gasteiger charge is 2.24. The van der Waals surface area contributed by atoms with Crippen LogP contribution < -0.4 is 0 Å². The van der Waals surface area contributed by atoms with E-state index in [0.717, 1.165) is 18.5 Å². The minimum atomic E-state index is 0. The molecule has 1 fully saturated rings. The smallest absolute Gasteiger partial charge is 0.0456 e. The van der Waals surface area contributed by atoms with Gasteiger partial charge >= 0.3 is 0 Å². The van der Waals surface area contributed by atoms with Crippen LogP contribution >= 0.6 is 12.4 Å². The lowest BCUT2D eigenvalue weighted by molar-refractivity contribution is 0.105. The fourth-order valence-corrected chi connectivity index (χ4v) is 3.50. The van der Waals surface area contributed by atoms with E-state index in [1.165, 1.54) is 42.3 Å². The summed E-state index contributed by atoms with van der Waals surface area (Å²) in [6, 6.07) is 10.1. The molecule has 1 N–H and O–H groups in total. The molecule has 0 aliphatic carbocycles. The number of hydrogen-bond donors (Lipinski definition) is 1. The number of para-hydroxylation sites is 1. The summed E-state index contributed by atoms with van der Waals surface area (Å²) in [5, 5.41) is 1.39. The molecule has 2 atom stereocenters. The van der Waals surface area contributed by atoms with Crippen LogP contribution in [0.1, 0.15) is 38.7 Å². The van der Waals surface area contributed by atoms with Gasteiger partial charge in [-0.1, -0.05) is 24.6 Å². The predicted octanol–water partition coefficient (Wildman–Crippen LogP) is 4.40. The summed E-state index contributed by atoms with van der Waals surface area (Å²) in [5.41, 5.74) is 2.72. The number of H-pyrrole nitrogens is 1. The van der Waals surface area contributed by atoms with Crippen molar-refractivity contribution in [2.75, 3.05) is 6.54 Å². The number of likely N-dealkylation sites (tertiary alicyclic amines) is 1. The molecule has 0 spiro atoms. The fourth-order valence-electron chi connectivity index (χ4n) is 3.50. The number of hydrogen-bond acceptors (Lipinski definition) is 1. The summed E-state index contributed by atoms with van der Waals surface area (Å²) in [6.45, 7) is 5.94. The van der Waals surface area contributed by atoms with Crippen molar-refractivity contribution in [1.82, 2.24) is 9.88 Å². The van der Waals surface area contributed by atoms with Crippen molar-refractivity contribution in [3.05, 3.63) is 36.0 Å². The van der Waals surface area contributed by atoms with E-state index in [1.807, 2.05) is 0 Å². The van der Waals surface area contributed by atoms with Crippen LogP contribution in [0.3, 0.4) is 0 Å². The molecule has 0 unspecified atom stereocenters. The van der Waals surface area contributed by atoms with Crippen LogP contribution in [0.25, 0.3) is 10.9 Å². The molecule has 0 radical (unpaired) electrons. The molecule has 1 saturated heterocycles. The summed E-state index contributed by atoms with van der Waals surface area (Å²) in [6.07, 6.45) is 7.45. The van der Waals surface area contributed by atoms with Gasteiger partial charge < -0.3 is 4.98 Å². The second kappa shape index (κ2) is 6.64. The fraction of sp³-hybridized carbons (Fsp3) is 0.529. The molecule has 2 aromatic rings. The van der Waals surface area contributed by atoms with E-state index in [0.29, 0.717) is 0 Å². The van der Waals surface area contributed by atoms with Gasteiger partial charge in [0, 0.05) is 35.7 Å². The molecule has 0 amide bonds. The number of benzene rings is 1. The van der Waals surface area contributed by atoms with Crippen molar-refractivity contribution in [3.63, 3.8) is 0 Å². The normalized spacial score (nSPS) is 23.7. The van der Waals surface area contributed by atoms with Crippen molar-refractivity contribution < 1.29 is 0 Å². The topological polar surface area (TPSA) is 19.0 Å². The number of aromatic nitrogens is 1. The third-order valence-electron chi connectivity index (χ3n) is 4.69. The van der Waals surface area contributed by atoms with Gasteiger partial charge in [0.05, 0.1) is 0 Å². The van der Waals surface area contributed by atoms with Crippen LogP contribution in [-0.4, -0.2) is 28.5 Å². The molecule has 0 bridgehead atoms. The molecule has 1 aliphatic rings. The SMILES string of the molecule is C[C@@H]1CCC[C@H](C)N1CCc1c[nH]c2ccccc12.Cl. The molecule has 1 aromatic heterocycles. The van der Waals surface area contributed by atoms with E-state index in [-0.39, 0.29) is 12.4 Å². The number of nitrogens with zero attached hydrogens (tertiary/aromatic N) is 1. The molecular formula is C17H25ClN2. The Morgan fingerprint density at radius 2 is 1.85 bits per heavy atom. The van der Waals surface area contributed by atoms with Gasteiger partial charge in [-0.25, -0.2) is 0 Å². The number of halogens is 1. The van der Waals surface area contributed by atoms with Gasteiger partial charge in [0.15, 0.2) is 0 Å². The lowest BCUT2D eigenvalue weighted by Crippen LogP contribution is -2.44. The van der Waals surface area contributed by atoms with Crippen molar-refractivity contribution in [1.29, 1.82) is 0 Å². The molecule has 1 aromatic carbocycles. The summed E-state index contributed by atoms with van der Waals surface area (Å²) >= 11 is 0. The second-order valence-electron chi connectivity index (χ2n) is 5.98. The zero-order chi connectivity index (χ0) is 13.2. The first kappa shape index (κ1) is 15.4. The highest BCUT2D eigenvalue weighted by molar-refractivity contribution is 5.85. The predicted molar refractivity (Wildman–Crippen MR) is 88.7 cm³/mol. The van der Waals surface area contributed by atoms with E-state index >= 15 is 0 Å². The molecule has 110 valence electrons. The maximum absolute atomic E-state index is 3.38. The highest BCUT2D eigenvalue weighted by Crippen LogP contribution is 2.24. The maximum atomic E-state index is 3.38. The molecule has 1 aliphatic heterocycles. The first-order valence-corrected chi connectivity index (χ1v) is 7.56. The van der Waals surface area contributed by atoms with Gasteiger partial charge in [-0.15, -0.1) is 12.4 Å². The van der Waals surface area contributed by atoms with Crippen LogP contribution in [-0.2, 0) is 6.42 Å². The van der Waals surface area contributed by atoms with Gasteiger partial charge in [0.2, 0.25) is 0 Å². The number of nitrogens with one attached hydrogen (secondary N) is 1. The Bertz CT molecular complexity index is 539. The van der Waals surface area contributed by atoms with Gasteiger partial charge in [0.25, 0.3) is 0 Å². The van der Waals surface area contributed by atoms with Crippen molar-refractivity contribution in [2.45, 2.75) is 51.6 Å². The van der Waals surface area contributed by atoms with Gasteiger partial charge in [0.1, 0.15) is 0 Å². The number of rotatable bonds is 3.